The molecule has 1 saturated heterocycles. The molecular formula is C55H48Cl2Zr. The van der Waals surface area contributed by atoms with Gasteiger partial charge in [-0.15, -0.1) is 0 Å². The third kappa shape index (κ3) is 5.79. The first-order chi connectivity index (χ1) is 27.4. The van der Waals surface area contributed by atoms with Crippen LogP contribution in [-0.2, 0) is 20.3 Å². The molecule has 0 bridgehead atoms. The average molecular weight is 871 g/mol. The molecule has 2 atom stereocenters. The van der Waals surface area contributed by atoms with Gasteiger partial charge in [-0.3, -0.25) is 0 Å². The number of hydrogen-bond acceptors (Lipinski definition) is 0. The Bertz CT molecular complexity index is 2670. The second-order valence-electron chi connectivity index (χ2n) is 17.6. The first-order valence-electron chi connectivity index (χ1n) is 20.9. The van der Waals surface area contributed by atoms with E-state index in [4.69, 9.17) is 0 Å². The van der Waals surface area contributed by atoms with Crippen LogP contribution in [-0.4, -0.2) is 0 Å². The van der Waals surface area contributed by atoms with Crippen LogP contribution in [0.4, 0.5) is 0 Å². The third-order valence-corrected chi connectivity index (χ3v) is 29.2. The van der Waals surface area contributed by atoms with Crippen molar-refractivity contribution in [3.8, 4) is 22.3 Å². The fraction of sp³-hybridized carbons (Fsp3) is 0.200. The minimum absolute atomic E-state index is 0. The van der Waals surface area contributed by atoms with Gasteiger partial charge in [-0.2, -0.15) is 0 Å². The fourth-order valence-electron chi connectivity index (χ4n) is 11.5. The Kier molecular flexibility index (Phi) is 10.2. The van der Waals surface area contributed by atoms with Crippen molar-refractivity contribution in [1.82, 2.24) is 0 Å². The Labute approximate surface area is 360 Å². The Morgan fingerprint density at radius 1 is 0.431 bits per heavy atom. The van der Waals surface area contributed by atoms with Crippen molar-refractivity contribution in [1.29, 1.82) is 0 Å². The van der Waals surface area contributed by atoms with Gasteiger partial charge >= 0.3 is 338 Å². The summed E-state index contributed by atoms with van der Waals surface area (Å²) in [4.78, 5) is 0. The molecule has 0 spiro atoms. The van der Waals surface area contributed by atoms with Crippen molar-refractivity contribution in [2.24, 2.45) is 11.8 Å². The molecule has 3 heteroatoms. The quantitative estimate of drug-likeness (QED) is 0.146. The van der Waals surface area contributed by atoms with Gasteiger partial charge in [-0.25, -0.2) is 0 Å². The molecule has 286 valence electrons. The molecule has 8 aromatic carbocycles. The second-order valence-corrected chi connectivity index (χ2v) is 28.9. The van der Waals surface area contributed by atoms with Gasteiger partial charge < -0.3 is 24.8 Å². The molecule has 0 amide bonds. The van der Waals surface area contributed by atoms with Gasteiger partial charge in [0.05, 0.1) is 0 Å². The van der Waals surface area contributed by atoms with Gasteiger partial charge in [0, 0.05) is 0 Å². The zero-order chi connectivity index (χ0) is 37.7. The van der Waals surface area contributed by atoms with E-state index >= 15 is 0 Å². The Morgan fingerprint density at radius 3 is 1.09 bits per heavy atom. The summed E-state index contributed by atoms with van der Waals surface area (Å²) < 4.78 is 4.07. The van der Waals surface area contributed by atoms with Crippen molar-refractivity contribution >= 4 is 55.2 Å². The van der Waals surface area contributed by atoms with Gasteiger partial charge in [0.25, 0.3) is 0 Å². The number of allylic oxidation sites excluding steroid dienone is 2. The van der Waals surface area contributed by atoms with E-state index in [9.17, 15) is 0 Å². The van der Waals surface area contributed by atoms with Crippen LogP contribution in [0, 0.1) is 11.8 Å². The molecule has 2 unspecified atom stereocenters. The van der Waals surface area contributed by atoms with E-state index < -0.39 is 20.3 Å². The Morgan fingerprint density at radius 2 is 0.776 bits per heavy atom. The van der Waals surface area contributed by atoms with Gasteiger partial charge in [0.15, 0.2) is 0 Å². The Balaban J connectivity index is 0.00000218. The van der Waals surface area contributed by atoms with E-state index in [1.54, 1.807) is 22.3 Å². The molecule has 1 aliphatic heterocycles. The van der Waals surface area contributed by atoms with E-state index in [-0.39, 0.29) is 24.8 Å². The SMILES string of the molecule is CC(C)C1=Cc2c(-c3c4ccccc4cc4ccccc34)cccc2[CH]1[Zr+2]1([CH]2C(C(C)C)=Cc3c(-c4c5ccccc5cc5ccccc45)cccc32)[CH2]C[CH2]1.[Cl-].[Cl-]. The minimum atomic E-state index is -3.13. The van der Waals surface area contributed by atoms with Crippen LogP contribution in [0.15, 0.2) is 157 Å². The number of halogens is 2. The molecule has 0 saturated carbocycles. The molecule has 11 rings (SSSR count). The molecule has 1 heterocycles. The molecule has 0 N–H and O–H groups in total. The van der Waals surface area contributed by atoms with Crippen molar-refractivity contribution in [3.63, 3.8) is 0 Å². The van der Waals surface area contributed by atoms with E-state index in [1.807, 2.05) is 0 Å². The molecule has 1 fully saturated rings. The fourth-order valence-corrected chi connectivity index (χ4v) is 27.6. The van der Waals surface area contributed by atoms with Crippen molar-refractivity contribution in [3.05, 3.63) is 179 Å². The van der Waals surface area contributed by atoms with E-state index in [0.29, 0.717) is 19.1 Å². The first kappa shape index (κ1) is 39.2. The minimum Gasteiger partial charge on any atom is -1.00 e. The number of rotatable bonds is 6. The summed E-state index contributed by atoms with van der Waals surface area (Å²) in [5.74, 6) is 0.999. The standard InChI is InChI=1S/2C26H21.C3H6.2ClH.Zr/c2*1-17(2)21-15-20-10-7-13-24(25(20)16-21)26-22-11-5-3-8-18(22)14-19-9-4-6-12-23(19)26;1-3-2;;;/h2*3-17H,1-2H3;1-3H2;2*1H;/q;;;;;+2/p-2. The summed E-state index contributed by atoms with van der Waals surface area (Å²) in [5, 5.41) is 10.7. The van der Waals surface area contributed by atoms with E-state index in [2.05, 4.69) is 185 Å². The van der Waals surface area contributed by atoms with Crippen LogP contribution in [0.2, 0.25) is 8.26 Å². The van der Waals surface area contributed by atoms with Crippen LogP contribution in [0.1, 0.15) is 63.6 Å². The zero-order valence-electron chi connectivity index (χ0n) is 33.7. The summed E-state index contributed by atoms with van der Waals surface area (Å²) in [6, 6.07) is 55.7. The molecule has 0 aromatic heterocycles. The van der Waals surface area contributed by atoms with Crippen LogP contribution < -0.4 is 24.8 Å². The maximum atomic E-state index is 2.70. The third-order valence-electron chi connectivity index (χ3n) is 14.0. The van der Waals surface area contributed by atoms with E-state index in [1.165, 1.54) is 91.1 Å². The average Bonchev–Trinajstić information content (AvgIpc) is 3.80. The van der Waals surface area contributed by atoms with E-state index in [0.717, 1.165) is 0 Å². The van der Waals surface area contributed by atoms with Crippen molar-refractivity contribution in [2.45, 2.75) is 49.6 Å². The summed E-state index contributed by atoms with van der Waals surface area (Å²) in [7, 11) is 0. The van der Waals surface area contributed by atoms with Crippen LogP contribution in [0.5, 0.6) is 0 Å². The maximum absolute atomic E-state index is 3.13. The van der Waals surface area contributed by atoms with Gasteiger partial charge in [0.2, 0.25) is 0 Å². The smallest absolute Gasteiger partial charge is 1.00 e. The first-order valence-corrected chi connectivity index (χ1v) is 27.2. The monoisotopic (exact) mass is 868 g/mol. The van der Waals surface area contributed by atoms with Gasteiger partial charge in [-0.1, -0.05) is 0 Å². The van der Waals surface area contributed by atoms with Gasteiger partial charge in [0.1, 0.15) is 0 Å². The molecule has 0 radical (unpaired) electrons. The normalized spacial score (nSPS) is 17.3. The molecule has 3 aliphatic rings. The molecule has 58 heavy (non-hydrogen) atoms. The van der Waals surface area contributed by atoms with Crippen LogP contribution in [0.3, 0.4) is 0 Å². The molecule has 8 aromatic rings. The topological polar surface area (TPSA) is 0 Å². The van der Waals surface area contributed by atoms with Gasteiger partial charge in [-0.05, 0) is 0 Å². The summed E-state index contributed by atoms with van der Waals surface area (Å²) in [6.45, 7) is 9.89. The number of fused-ring (bicyclic) bond motifs is 6. The number of hydrogen-bond donors (Lipinski definition) is 0. The summed E-state index contributed by atoms with van der Waals surface area (Å²) in [6.07, 6.45) is 6.77. The maximum Gasteiger partial charge on any atom is -1.00 e. The Hall–Kier alpha value is -4.26. The van der Waals surface area contributed by atoms with Crippen LogP contribution in [0.25, 0.3) is 77.5 Å². The molecular weight excluding hydrogens is 823 g/mol. The molecule has 2 aliphatic carbocycles. The zero-order valence-corrected chi connectivity index (χ0v) is 37.7. The summed E-state index contributed by atoms with van der Waals surface area (Å²) >= 11 is -3.13. The predicted molar refractivity (Wildman–Crippen MR) is 239 cm³/mol. The molecule has 0 nitrogen and oxygen atoms in total. The predicted octanol–water partition coefficient (Wildman–Crippen LogP) is 9.92. The second kappa shape index (κ2) is 15.1. The van der Waals surface area contributed by atoms with Crippen molar-refractivity contribution < 1.29 is 45.1 Å². The van der Waals surface area contributed by atoms with Crippen LogP contribution >= 0.6 is 0 Å². The largest absolute Gasteiger partial charge is 1.00 e. The van der Waals surface area contributed by atoms with Crippen molar-refractivity contribution in [2.75, 3.05) is 0 Å². The summed E-state index contributed by atoms with van der Waals surface area (Å²) in [5.41, 5.74) is 15.3. The number of benzene rings is 8.